The van der Waals surface area contributed by atoms with Crippen LogP contribution in [0.15, 0.2) is 59.6 Å². The number of methoxy groups -OCH3 is 1. The molecule has 0 saturated heterocycles. The lowest BCUT2D eigenvalue weighted by Crippen LogP contribution is -2.23. The average Bonchev–Trinajstić information content (AvgIpc) is 3.35. The maximum atomic E-state index is 12.5. The third kappa shape index (κ3) is 3.32. The minimum absolute atomic E-state index is 0.152. The molecule has 0 radical (unpaired) electrons. The van der Waals surface area contributed by atoms with Gasteiger partial charge in [-0.25, -0.2) is 0 Å². The van der Waals surface area contributed by atoms with Gasteiger partial charge in [0.15, 0.2) is 0 Å². The number of hydrogen-bond acceptors (Lipinski definition) is 4. The molecule has 2 N–H and O–H groups in total. The zero-order valence-electron chi connectivity index (χ0n) is 14.2. The zero-order valence-corrected chi connectivity index (χ0v) is 15.0. The summed E-state index contributed by atoms with van der Waals surface area (Å²) >= 11 is 1.65. The van der Waals surface area contributed by atoms with Crippen LogP contribution >= 0.6 is 11.3 Å². The van der Waals surface area contributed by atoms with Gasteiger partial charge < -0.3 is 15.0 Å². The molecule has 1 amide bonds. The van der Waals surface area contributed by atoms with E-state index >= 15 is 0 Å². The van der Waals surface area contributed by atoms with Gasteiger partial charge >= 0.3 is 0 Å². The Morgan fingerprint density at radius 2 is 2.12 bits per heavy atom. The maximum absolute atomic E-state index is 12.5. The highest BCUT2D eigenvalue weighted by Gasteiger charge is 2.10. The van der Waals surface area contributed by atoms with E-state index in [0.29, 0.717) is 12.2 Å². The monoisotopic (exact) mass is 363 g/mol. The fourth-order valence-electron chi connectivity index (χ4n) is 2.80. The average molecular weight is 363 g/mol. The number of nitrogens with one attached hydrogen (secondary N) is 2. The number of nitrogens with zero attached hydrogens (tertiary/aromatic N) is 1. The number of ether oxygens (including phenoxy) is 1. The second-order valence-corrected chi connectivity index (χ2v) is 6.69. The molecule has 0 aliphatic heterocycles. The second kappa shape index (κ2) is 7.01. The molecule has 0 atom stereocenters. The summed E-state index contributed by atoms with van der Waals surface area (Å²) in [5, 5.41) is 8.03. The molecule has 3 heterocycles. The standard InChI is InChI=1S/C20H17N3O2S/c1-25-17-3-2-14-7-19(23-18(14)8-17)20(24)22-10-13-6-16(11-21-9-13)15-4-5-26-12-15/h2-9,11-12,23H,10H2,1H3,(H,22,24). The number of pyridine rings is 1. The van der Waals surface area contributed by atoms with Crippen LogP contribution in [-0.2, 0) is 6.54 Å². The van der Waals surface area contributed by atoms with E-state index in [-0.39, 0.29) is 5.91 Å². The first-order valence-electron chi connectivity index (χ1n) is 8.14. The highest BCUT2D eigenvalue weighted by Crippen LogP contribution is 2.23. The molecular formula is C20H17N3O2S. The Kier molecular flexibility index (Phi) is 4.41. The van der Waals surface area contributed by atoms with Crippen LogP contribution in [0.2, 0.25) is 0 Å². The molecular weight excluding hydrogens is 346 g/mol. The number of benzene rings is 1. The molecule has 4 aromatic rings. The van der Waals surface area contributed by atoms with Crippen LogP contribution in [-0.4, -0.2) is 23.0 Å². The second-order valence-electron chi connectivity index (χ2n) is 5.91. The largest absolute Gasteiger partial charge is 0.497 e. The lowest BCUT2D eigenvalue weighted by molar-refractivity contribution is 0.0946. The van der Waals surface area contributed by atoms with Gasteiger partial charge in [-0.15, -0.1) is 0 Å². The van der Waals surface area contributed by atoms with Crippen LogP contribution in [0.1, 0.15) is 16.1 Å². The van der Waals surface area contributed by atoms with E-state index < -0.39 is 0 Å². The number of aromatic amines is 1. The van der Waals surface area contributed by atoms with Crippen molar-refractivity contribution in [2.75, 3.05) is 7.11 Å². The summed E-state index contributed by atoms with van der Waals surface area (Å²) < 4.78 is 5.21. The molecule has 0 saturated carbocycles. The molecule has 5 nitrogen and oxygen atoms in total. The third-order valence-corrected chi connectivity index (χ3v) is 4.86. The van der Waals surface area contributed by atoms with Gasteiger partial charge in [0, 0.05) is 41.5 Å². The highest BCUT2D eigenvalue weighted by atomic mass is 32.1. The third-order valence-electron chi connectivity index (χ3n) is 4.18. The Balaban J connectivity index is 1.48. The summed E-state index contributed by atoms with van der Waals surface area (Å²) in [5.41, 5.74) is 4.54. The Morgan fingerprint density at radius 1 is 1.19 bits per heavy atom. The van der Waals surface area contributed by atoms with Gasteiger partial charge in [0.25, 0.3) is 5.91 Å². The lowest BCUT2D eigenvalue weighted by Gasteiger charge is -2.05. The van der Waals surface area contributed by atoms with Crippen molar-refractivity contribution in [2.24, 2.45) is 0 Å². The molecule has 0 aliphatic carbocycles. The first kappa shape index (κ1) is 16.4. The summed E-state index contributed by atoms with van der Waals surface area (Å²) in [5.74, 6) is 0.601. The van der Waals surface area contributed by atoms with Crippen molar-refractivity contribution in [3.8, 4) is 16.9 Å². The fraction of sp³-hybridized carbons (Fsp3) is 0.100. The van der Waals surface area contributed by atoms with E-state index in [4.69, 9.17) is 4.74 Å². The Bertz CT molecular complexity index is 1050. The molecule has 26 heavy (non-hydrogen) atoms. The van der Waals surface area contributed by atoms with E-state index in [1.54, 1.807) is 24.6 Å². The number of carbonyl (C=O) groups excluding carboxylic acids is 1. The molecule has 0 unspecified atom stereocenters. The van der Waals surface area contributed by atoms with Crippen molar-refractivity contribution >= 4 is 28.1 Å². The van der Waals surface area contributed by atoms with Crippen molar-refractivity contribution in [3.05, 3.63) is 70.8 Å². The predicted molar refractivity (Wildman–Crippen MR) is 104 cm³/mol. The van der Waals surface area contributed by atoms with Gasteiger partial charge in [-0.05, 0) is 52.2 Å². The Morgan fingerprint density at radius 3 is 2.92 bits per heavy atom. The lowest BCUT2D eigenvalue weighted by atomic mass is 10.1. The number of rotatable bonds is 5. The van der Waals surface area contributed by atoms with Crippen LogP contribution < -0.4 is 10.1 Å². The number of hydrogen-bond donors (Lipinski definition) is 2. The van der Waals surface area contributed by atoms with Gasteiger partial charge in [0.05, 0.1) is 7.11 Å². The quantitative estimate of drug-likeness (QED) is 0.558. The van der Waals surface area contributed by atoms with E-state index in [1.165, 1.54) is 0 Å². The SMILES string of the molecule is COc1ccc2cc(C(=O)NCc3cncc(-c4ccsc4)c3)[nH]c2c1. The summed E-state index contributed by atoms with van der Waals surface area (Å²) in [6.45, 7) is 0.419. The van der Waals surface area contributed by atoms with Gasteiger partial charge in [-0.3, -0.25) is 9.78 Å². The molecule has 0 aliphatic rings. The normalized spacial score (nSPS) is 10.8. The van der Waals surface area contributed by atoms with Crippen molar-refractivity contribution < 1.29 is 9.53 Å². The van der Waals surface area contributed by atoms with Crippen molar-refractivity contribution in [2.45, 2.75) is 6.54 Å². The number of carbonyl (C=O) groups is 1. The number of aromatic nitrogens is 2. The summed E-state index contributed by atoms with van der Waals surface area (Å²) in [4.78, 5) is 19.9. The molecule has 3 aromatic heterocycles. The Hall–Kier alpha value is -3.12. The molecule has 0 spiro atoms. The molecule has 0 fully saturated rings. The maximum Gasteiger partial charge on any atom is 0.267 e. The van der Waals surface area contributed by atoms with Gasteiger partial charge in [-0.2, -0.15) is 11.3 Å². The van der Waals surface area contributed by atoms with E-state index in [1.807, 2.05) is 41.9 Å². The first-order valence-corrected chi connectivity index (χ1v) is 9.08. The van der Waals surface area contributed by atoms with E-state index in [2.05, 4.69) is 26.7 Å². The predicted octanol–water partition coefficient (Wildman–Crippen LogP) is 4.23. The minimum atomic E-state index is -0.152. The van der Waals surface area contributed by atoms with Gasteiger partial charge in [0.2, 0.25) is 0 Å². The van der Waals surface area contributed by atoms with Crippen LogP contribution in [0, 0.1) is 0 Å². The van der Waals surface area contributed by atoms with Crippen molar-refractivity contribution in [1.29, 1.82) is 0 Å². The summed E-state index contributed by atoms with van der Waals surface area (Å²) in [7, 11) is 1.62. The van der Waals surface area contributed by atoms with Crippen molar-refractivity contribution in [3.63, 3.8) is 0 Å². The van der Waals surface area contributed by atoms with Crippen LogP contribution in [0.3, 0.4) is 0 Å². The molecule has 130 valence electrons. The number of thiophene rings is 1. The molecule has 4 rings (SSSR count). The van der Waals surface area contributed by atoms with Crippen LogP contribution in [0.25, 0.3) is 22.0 Å². The topological polar surface area (TPSA) is 67.0 Å². The zero-order chi connectivity index (χ0) is 17.9. The van der Waals surface area contributed by atoms with Gasteiger partial charge in [0.1, 0.15) is 11.4 Å². The minimum Gasteiger partial charge on any atom is -0.497 e. The van der Waals surface area contributed by atoms with E-state index in [9.17, 15) is 4.79 Å². The summed E-state index contributed by atoms with van der Waals surface area (Å²) in [6, 6.07) is 11.6. The van der Waals surface area contributed by atoms with Crippen molar-refractivity contribution in [1.82, 2.24) is 15.3 Å². The summed E-state index contributed by atoms with van der Waals surface area (Å²) in [6.07, 6.45) is 3.60. The Labute approximate surface area is 154 Å². The van der Waals surface area contributed by atoms with E-state index in [0.717, 1.165) is 33.3 Å². The smallest absolute Gasteiger partial charge is 0.267 e. The number of amides is 1. The number of fused-ring (bicyclic) bond motifs is 1. The molecule has 0 bridgehead atoms. The fourth-order valence-corrected chi connectivity index (χ4v) is 3.47. The highest BCUT2D eigenvalue weighted by molar-refractivity contribution is 7.08. The molecule has 6 heteroatoms. The van der Waals surface area contributed by atoms with Crippen LogP contribution in [0.5, 0.6) is 5.75 Å². The first-order chi connectivity index (χ1) is 12.7. The van der Waals surface area contributed by atoms with Crippen LogP contribution in [0.4, 0.5) is 0 Å². The number of H-pyrrole nitrogens is 1. The molecule has 1 aromatic carbocycles. The van der Waals surface area contributed by atoms with Gasteiger partial charge in [-0.1, -0.05) is 0 Å².